The molecule has 1 aliphatic rings. The van der Waals surface area contributed by atoms with Crippen molar-refractivity contribution in [2.75, 3.05) is 0 Å². The van der Waals surface area contributed by atoms with Gasteiger partial charge in [0.15, 0.2) is 6.61 Å². The van der Waals surface area contributed by atoms with Crippen LogP contribution in [0.1, 0.15) is 44.0 Å². The summed E-state index contributed by atoms with van der Waals surface area (Å²) in [6.07, 6.45) is 5.68. The second-order valence-electron chi connectivity index (χ2n) is 6.72. The van der Waals surface area contributed by atoms with E-state index < -0.39 is 0 Å². The molecule has 0 saturated heterocycles. The van der Waals surface area contributed by atoms with Gasteiger partial charge in [0.1, 0.15) is 5.75 Å². The van der Waals surface area contributed by atoms with Crippen LogP contribution in [0.4, 0.5) is 0 Å². The van der Waals surface area contributed by atoms with Gasteiger partial charge in [0.05, 0.1) is 11.6 Å². The van der Waals surface area contributed by atoms with Gasteiger partial charge in [-0.05, 0) is 38.3 Å². The Balaban J connectivity index is 1.62. The van der Waals surface area contributed by atoms with Crippen molar-refractivity contribution in [2.24, 2.45) is 0 Å². The summed E-state index contributed by atoms with van der Waals surface area (Å²) in [5.41, 5.74) is 0.619. The second-order valence-corrected chi connectivity index (χ2v) is 6.72. The summed E-state index contributed by atoms with van der Waals surface area (Å²) in [6.45, 7) is 6.22. The number of aromatic nitrogens is 3. The van der Waals surface area contributed by atoms with Crippen molar-refractivity contribution in [3.05, 3.63) is 35.8 Å². The van der Waals surface area contributed by atoms with E-state index in [9.17, 15) is 4.79 Å². The van der Waals surface area contributed by atoms with Gasteiger partial charge < -0.3 is 14.5 Å². The number of amides is 1. The molecule has 2 aromatic rings. The number of hydrogen-bond donors (Lipinski definition) is 1. The Morgan fingerprint density at radius 3 is 2.83 bits per heavy atom. The van der Waals surface area contributed by atoms with E-state index in [0.29, 0.717) is 17.5 Å². The summed E-state index contributed by atoms with van der Waals surface area (Å²) >= 11 is 0. The normalized spacial score (nSPS) is 26.4. The van der Waals surface area contributed by atoms with Crippen molar-refractivity contribution in [1.82, 2.24) is 20.5 Å². The number of nitrogens with zero attached hydrogens (tertiary/aromatic N) is 3. The van der Waals surface area contributed by atoms with Gasteiger partial charge in [0.2, 0.25) is 12.3 Å². The van der Waals surface area contributed by atoms with E-state index in [-0.39, 0.29) is 17.6 Å². The summed E-state index contributed by atoms with van der Waals surface area (Å²) in [7, 11) is 0. The van der Waals surface area contributed by atoms with E-state index in [1.54, 1.807) is 12.4 Å². The first kappa shape index (κ1) is 15.5. The molecular formula is C16H20N4O3. The van der Waals surface area contributed by atoms with Crippen LogP contribution in [-0.2, 0) is 16.8 Å². The van der Waals surface area contributed by atoms with Crippen LogP contribution in [0.15, 0.2) is 22.9 Å². The Bertz CT molecular complexity index is 707. The van der Waals surface area contributed by atoms with Crippen molar-refractivity contribution in [3.63, 3.8) is 0 Å². The summed E-state index contributed by atoms with van der Waals surface area (Å²) in [5.74, 6) is 1.69. The predicted octanol–water partition coefficient (Wildman–Crippen LogP) is 1.91. The topological polar surface area (TPSA) is 90.1 Å². The maximum absolute atomic E-state index is 10.6. The van der Waals surface area contributed by atoms with Crippen molar-refractivity contribution >= 4 is 6.41 Å². The molecule has 122 valence electrons. The Morgan fingerprint density at radius 1 is 1.35 bits per heavy atom. The lowest BCUT2D eigenvalue weighted by molar-refractivity contribution is -0.113. The van der Waals surface area contributed by atoms with Crippen molar-refractivity contribution in [2.45, 2.75) is 51.2 Å². The molecule has 0 spiro atoms. The zero-order chi connectivity index (χ0) is 16.5. The first-order chi connectivity index (χ1) is 10.9. The minimum absolute atomic E-state index is 0.200. The van der Waals surface area contributed by atoms with Crippen LogP contribution in [0.3, 0.4) is 0 Å². The van der Waals surface area contributed by atoms with Gasteiger partial charge >= 0.3 is 0 Å². The van der Waals surface area contributed by atoms with Crippen molar-refractivity contribution < 1.29 is 13.9 Å². The minimum atomic E-state index is -0.207. The lowest BCUT2D eigenvalue weighted by Crippen LogP contribution is -2.59. The monoisotopic (exact) mass is 316 g/mol. The fraction of sp³-hybridized carbons (Fsp3) is 0.500. The van der Waals surface area contributed by atoms with Crippen LogP contribution in [0.25, 0.3) is 0 Å². The smallest absolute Gasteiger partial charge is 0.253 e. The van der Waals surface area contributed by atoms with Crippen molar-refractivity contribution in [3.8, 4) is 5.75 Å². The molecule has 0 aromatic carbocycles. The van der Waals surface area contributed by atoms with Gasteiger partial charge in [0.25, 0.3) is 5.89 Å². The fourth-order valence-electron chi connectivity index (χ4n) is 3.37. The van der Waals surface area contributed by atoms with E-state index in [0.717, 1.165) is 24.8 Å². The van der Waals surface area contributed by atoms with E-state index >= 15 is 0 Å². The third-order valence-corrected chi connectivity index (χ3v) is 4.16. The molecule has 1 saturated carbocycles. The zero-order valence-corrected chi connectivity index (χ0v) is 13.5. The average Bonchev–Trinajstić information content (AvgIpc) is 2.93. The third-order valence-electron chi connectivity index (χ3n) is 4.16. The third kappa shape index (κ3) is 3.18. The molecular weight excluding hydrogens is 296 g/mol. The Kier molecular flexibility index (Phi) is 3.79. The number of carbonyl (C=O) groups excluding carboxylic acids is 1. The summed E-state index contributed by atoms with van der Waals surface area (Å²) in [4.78, 5) is 14.7. The van der Waals surface area contributed by atoms with Gasteiger partial charge in [0, 0.05) is 11.7 Å². The first-order valence-electron chi connectivity index (χ1n) is 7.51. The highest BCUT2D eigenvalue weighted by atomic mass is 16.5. The largest absolute Gasteiger partial charge is 0.482 e. The van der Waals surface area contributed by atoms with Crippen LogP contribution in [-0.4, -0.2) is 27.1 Å². The molecule has 0 aliphatic heterocycles. The summed E-state index contributed by atoms with van der Waals surface area (Å²) < 4.78 is 11.3. The molecule has 1 fully saturated rings. The fourth-order valence-corrected chi connectivity index (χ4v) is 3.37. The van der Waals surface area contributed by atoms with E-state index in [2.05, 4.69) is 27.4 Å². The quantitative estimate of drug-likeness (QED) is 0.819. The SMILES string of the molecule is Cc1cncc(OCc2nnc(C3(C)CC(C)(NC=O)C3)o2)c1. The predicted molar refractivity (Wildman–Crippen MR) is 81.8 cm³/mol. The highest BCUT2D eigenvalue weighted by Crippen LogP contribution is 2.49. The molecule has 1 amide bonds. The van der Waals surface area contributed by atoms with Crippen LogP contribution >= 0.6 is 0 Å². The van der Waals surface area contributed by atoms with Crippen LogP contribution in [0.5, 0.6) is 5.75 Å². The number of hydrogen-bond acceptors (Lipinski definition) is 6. The lowest BCUT2D eigenvalue weighted by atomic mass is 9.59. The van der Waals surface area contributed by atoms with Gasteiger partial charge in [-0.15, -0.1) is 10.2 Å². The van der Waals surface area contributed by atoms with Gasteiger partial charge in [-0.2, -0.15) is 0 Å². The molecule has 0 unspecified atom stereocenters. The molecule has 7 heteroatoms. The van der Waals surface area contributed by atoms with Crippen LogP contribution in [0.2, 0.25) is 0 Å². The number of aryl methyl sites for hydroxylation is 1. The molecule has 1 N–H and O–H groups in total. The zero-order valence-electron chi connectivity index (χ0n) is 13.5. The molecule has 0 atom stereocenters. The van der Waals surface area contributed by atoms with E-state index in [4.69, 9.17) is 9.15 Å². The second kappa shape index (κ2) is 5.64. The molecule has 3 rings (SSSR count). The highest BCUT2D eigenvalue weighted by Gasteiger charge is 2.52. The number of pyridine rings is 1. The molecule has 0 radical (unpaired) electrons. The number of nitrogens with one attached hydrogen (secondary N) is 1. The van der Waals surface area contributed by atoms with Crippen LogP contribution in [0, 0.1) is 6.92 Å². The molecule has 1 aliphatic carbocycles. The molecule has 23 heavy (non-hydrogen) atoms. The summed E-state index contributed by atoms with van der Waals surface area (Å²) in [6, 6.07) is 1.90. The van der Waals surface area contributed by atoms with E-state index in [1.807, 2.05) is 19.9 Å². The van der Waals surface area contributed by atoms with E-state index in [1.165, 1.54) is 0 Å². The van der Waals surface area contributed by atoms with Gasteiger partial charge in [-0.3, -0.25) is 9.78 Å². The lowest BCUT2D eigenvalue weighted by Gasteiger charge is -2.50. The first-order valence-corrected chi connectivity index (χ1v) is 7.51. The molecule has 2 heterocycles. The minimum Gasteiger partial charge on any atom is -0.482 e. The maximum atomic E-state index is 10.6. The Hall–Kier alpha value is -2.44. The standard InChI is InChI=1S/C16H20N4O3/c1-11-4-12(6-17-5-11)22-7-13-19-20-14(23-13)15(2)8-16(3,9-15)18-10-21/h4-6,10H,7-9H2,1-3H3,(H,18,21). The molecule has 7 nitrogen and oxygen atoms in total. The molecule has 2 aromatic heterocycles. The summed E-state index contributed by atoms with van der Waals surface area (Å²) in [5, 5.41) is 11.0. The van der Waals surface area contributed by atoms with Gasteiger partial charge in [-0.25, -0.2) is 0 Å². The van der Waals surface area contributed by atoms with Crippen molar-refractivity contribution in [1.29, 1.82) is 0 Å². The average molecular weight is 316 g/mol. The highest BCUT2D eigenvalue weighted by molar-refractivity contribution is 5.49. The number of rotatable bonds is 6. The molecule has 0 bridgehead atoms. The maximum Gasteiger partial charge on any atom is 0.253 e. The number of ether oxygens (including phenoxy) is 1. The number of carbonyl (C=O) groups is 1. The van der Waals surface area contributed by atoms with Gasteiger partial charge in [-0.1, -0.05) is 6.92 Å². The van der Waals surface area contributed by atoms with Crippen LogP contribution < -0.4 is 10.1 Å². The Morgan fingerprint density at radius 2 is 2.13 bits per heavy atom. The Labute approximate surface area is 134 Å².